The van der Waals surface area contributed by atoms with E-state index >= 15 is 0 Å². The molecule has 2 aromatic carbocycles. The molecule has 3 rings (SSSR count). The van der Waals surface area contributed by atoms with Crippen LogP contribution in [0.5, 0.6) is 0 Å². The summed E-state index contributed by atoms with van der Waals surface area (Å²) in [7, 11) is 0. The third-order valence-corrected chi connectivity index (χ3v) is 4.22. The highest BCUT2D eigenvalue weighted by molar-refractivity contribution is 6.02. The standard InChI is InChI=1S/C20H20N2O3/c1-4-22-19(23)17-8-6-5-7-16(17)18(21-22)20(24)25-12-15-11-13(2)9-10-14(15)3/h5-11H,4,12H2,1-3H3. The maximum Gasteiger partial charge on any atom is 0.359 e. The van der Waals surface area contributed by atoms with Crippen molar-refractivity contribution in [3.05, 3.63) is 75.2 Å². The fourth-order valence-corrected chi connectivity index (χ4v) is 2.77. The number of aromatic nitrogens is 2. The summed E-state index contributed by atoms with van der Waals surface area (Å²) in [4.78, 5) is 25.0. The number of esters is 1. The van der Waals surface area contributed by atoms with Crippen LogP contribution in [0.25, 0.3) is 10.8 Å². The number of carbonyl (C=O) groups is 1. The number of carbonyl (C=O) groups excluding carboxylic acids is 1. The Morgan fingerprint density at radius 2 is 1.84 bits per heavy atom. The van der Waals surface area contributed by atoms with Gasteiger partial charge in [0.15, 0.2) is 5.69 Å². The minimum absolute atomic E-state index is 0.169. The van der Waals surface area contributed by atoms with E-state index in [9.17, 15) is 9.59 Å². The van der Waals surface area contributed by atoms with E-state index in [1.807, 2.05) is 39.0 Å². The Morgan fingerprint density at radius 1 is 1.12 bits per heavy atom. The summed E-state index contributed by atoms with van der Waals surface area (Å²) >= 11 is 0. The van der Waals surface area contributed by atoms with Crippen molar-refractivity contribution in [1.82, 2.24) is 9.78 Å². The highest BCUT2D eigenvalue weighted by Gasteiger charge is 2.17. The second kappa shape index (κ2) is 6.89. The molecule has 0 aliphatic heterocycles. The quantitative estimate of drug-likeness (QED) is 0.685. The van der Waals surface area contributed by atoms with Gasteiger partial charge in [-0.05, 0) is 38.0 Å². The Hall–Kier alpha value is -2.95. The number of nitrogens with zero attached hydrogens (tertiary/aromatic N) is 2. The molecule has 5 nitrogen and oxygen atoms in total. The number of fused-ring (bicyclic) bond motifs is 1. The summed E-state index contributed by atoms with van der Waals surface area (Å²) < 4.78 is 6.77. The predicted molar refractivity (Wildman–Crippen MR) is 96.7 cm³/mol. The highest BCUT2D eigenvalue weighted by atomic mass is 16.5. The first-order valence-electron chi connectivity index (χ1n) is 8.24. The third kappa shape index (κ3) is 3.31. The Kier molecular flexibility index (Phi) is 4.65. The van der Waals surface area contributed by atoms with Gasteiger partial charge < -0.3 is 4.74 Å². The molecule has 0 amide bonds. The third-order valence-electron chi connectivity index (χ3n) is 4.22. The summed E-state index contributed by atoms with van der Waals surface area (Å²) in [6.07, 6.45) is 0. The average Bonchev–Trinajstić information content (AvgIpc) is 2.63. The Labute approximate surface area is 145 Å². The Bertz CT molecular complexity index is 1010. The lowest BCUT2D eigenvalue weighted by Gasteiger charge is -2.11. The molecule has 0 saturated carbocycles. The van der Waals surface area contributed by atoms with E-state index in [1.54, 1.807) is 24.3 Å². The summed E-state index contributed by atoms with van der Waals surface area (Å²) in [6.45, 7) is 6.35. The van der Waals surface area contributed by atoms with E-state index in [4.69, 9.17) is 4.74 Å². The maximum atomic E-state index is 12.6. The van der Waals surface area contributed by atoms with Crippen molar-refractivity contribution < 1.29 is 9.53 Å². The van der Waals surface area contributed by atoms with E-state index in [0.717, 1.165) is 16.7 Å². The highest BCUT2D eigenvalue weighted by Crippen LogP contribution is 2.16. The number of rotatable bonds is 4. The zero-order valence-corrected chi connectivity index (χ0v) is 14.6. The van der Waals surface area contributed by atoms with E-state index in [1.165, 1.54) is 4.68 Å². The van der Waals surface area contributed by atoms with Crippen molar-refractivity contribution in [1.29, 1.82) is 0 Å². The van der Waals surface area contributed by atoms with Gasteiger partial charge in [0.2, 0.25) is 0 Å². The fourth-order valence-electron chi connectivity index (χ4n) is 2.77. The largest absolute Gasteiger partial charge is 0.456 e. The van der Waals surface area contributed by atoms with Gasteiger partial charge in [0.25, 0.3) is 5.56 Å². The van der Waals surface area contributed by atoms with Crippen LogP contribution in [0.4, 0.5) is 0 Å². The molecule has 1 heterocycles. The number of hydrogen-bond donors (Lipinski definition) is 0. The normalized spacial score (nSPS) is 10.8. The van der Waals surface area contributed by atoms with Gasteiger partial charge in [0, 0.05) is 11.9 Å². The van der Waals surface area contributed by atoms with Gasteiger partial charge in [-0.1, -0.05) is 42.0 Å². The van der Waals surface area contributed by atoms with E-state index in [2.05, 4.69) is 5.10 Å². The minimum atomic E-state index is -0.528. The van der Waals surface area contributed by atoms with E-state index < -0.39 is 5.97 Å². The van der Waals surface area contributed by atoms with Gasteiger partial charge in [-0.15, -0.1) is 0 Å². The number of ether oxygens (including phenoxy) is 1. The molecule has 0 N–H and O–H groups in total. The summed E-state index contributed by atoms with van der Waals surface area (Å²) in [5.41, 5.74) is 3.10. The van der Waals surface area contributed by atoms with Crippen molar-refractivity contribution in [2.45, 2.75) is 33.9 Å². The van der Waals surface area contributed by atoms with Gasteiger partial charge >= 0.3 is 5.97 Å². The van der Waals surface area contributed by atoms with Crippen LogP contribution in [0.15, 0.2) is 47.3 Å². The molecule has 128 valence electrons. The molecule has 0 radical (unpaired) electrons. The van der Waals surface area contributed by atoms with Crippen LogP contribution in [0.3, 0.4) is 0 Å². The van der Waals surface area contributed by atoms with Crippen LogP contribution in [0.2, 0.25) is 0 Å². The molecule has 0 bridgehead atoms. The van der Waals surface area contributed by atoms with Gasteiger partial charge in [-0.2, -0.15) is 5.10 Å². The smallest absolute Gasteiger partial charge is 0.359 e. The van der Waals surface area contributed by atoms with E-state index in [0.29, 0.717) is 17.3 Å². The molecule has 1 aromatic heterocycles. The lowest BCUT2D eigenvalue weighted by molar-refractivity contribution is 0.0464. The predicted octanol–water partition coefficient (Wildman–Crippen LogP) is 3.39. The van der Waals surface area contributed by atoms with Crippen molar-refractivity contribution in [2.75, 3.05) is 0 Å². The minimum Gasteiger partial charge on any atom is -0.456 e. The zero-order valence-electron chi connectivity index (χ0n) is 14.6. The molecule has 0 unspecified atom stereocenters. The maximum absolute atomic E-state index is 12.6. The molecule has 5 heteroatoms. The molecule has 0 aliphatic rings. The monoisotopic (exact) mass is 336 g/mol. The lowest BCUT2D eigenvalue weighted by atomic mass is 10.1. The van der Waals surface area contributed by atoms with Crippen LogP contribution >= 0.6 is 0 Å². The average molecular weight is 336 g/mol. The number of benzene rings is 2. The molecule has 0 aliphatic carbocycles. The number of aryl methyl sites for hydroxylation is 3. The molecular formula is C20H20N2O3. The summed E-state index contributed by atoms with van der Waals surface area (Å²) in [5, 5.41) is 5.19. The molecular weight excluding hydrogens is 316 g/mol. The van der Waals surface area contributed by atoms with Gasteiger partial charge in [0.05, 0.1) is 5.39 Å². The van der Waals surface area contributed by atoms with Crippen LogP contribution in [-0.2, 0) is 17.9 Å². The van der Waals surface area contributed by atoms with Crippen molar-refractivity contribution in [3.8, 4) is 0 Å². The van der Waals surface area contributed by atoms with Gasteiger partial charge in [0.1, 0.15) is 6.61 Å². The molecule has 0 saturated heterocycles. The van der Waals surface area contributed by atoms with Crippen molar-refractivity contribution >= 4 is 16.7 Å². The van der Waals surface area contributed by atoms with Crippen LogP contribution in [0, 0.1) is 13.8 Å². The first-order valence-corrected chi connectivity index (χ1v) is 8.24. The van der Waals surface area contributed by atoms with E-state index in [-0.39, 0.29) is 17.9 Å². The van der Waals surface area contributed by atoms with Crippen LogP contribution in [0.1, 0.15) is 34.1 Å². The first kappa shape index (κ1) is 16.9. The van der Waals surface area contributed by atoms with Crippen molar-refractivity contribution in [3.63, 3.8) is 0 Å². The topological polar surface area (TPSA) is 61.2 Å². The van der Waals surface area contributed by atoms with Crippen molar-refractivity contribution in [2.24, 2.45) is 0 Å². The molecule has 0 atom stereocenters. The van der Waals surface area contributed by atoms with Gasteiger partial charge in [-0.3, -0.25) is 4.79 Å². The molecule has 25 heavy (non-hydrogen) atoms. The SMILES string of the molecule is CCn1nc(C(=O)OCc2cc(C)ccc2C)c2ccccc2c1=O. The summed E-state index contributed by atoms with van der Waals surface area (Å²) in [6, 6.07) is 13.0. The lowest BCUT2D eigenvalue weighted by Crippen LogP contribution is -2.25. The molecule has 0 fully saturated rings. The second-order valence-corrected chi connectivity index (χ2v) is 6.02. The summed E-state index contributed by atoms with van der Waals surface area (Å²) in [5.74, 6) is -0.528. The van der Waals surface area contributed by atoms with Crippen LogP contribution < -0.4 is 5.56 Å². The Morgan fingerprint density at radius 3 is 2.56 bits per heavy atom. The Balaban J connectivity index is 1.96. The second-order valence-electron chi connectivity index (χ2n) is 6.02. The molecule has 3 aromatic rings. The molecule has 0 spiro atoms. The fraction of sp³-hybridized carbons (Fsp3) is 0.250. The number of hydrogen-bond acceptors (Lipinski definition) is 4. The first-order chi connectivity index (χ1) is 12.0. The van der Waals surface area contributed by atoms with Crippen LogP contribution in [-0.4, -0.2) is 15.7 Å². The zero-order chi connectivity index (χ0) is 18.0. The van der Waals surface area contributed by atoms with Gasteiger partial charge in [-0.25, -0.2) is 9.48 Å².